The molecule has 0 N–H and O–H groups in total. The lowest BCUT2D eigenvalue weighted by atomic mass is 10.0. The van der Waals surface area contributed by atoms with Gasteiger partial charge in [-0.1, -0.05) is 12.1 Å². The van der Waals surface area contributed by atoms with Gasteiger partial charge in [0, 0.05) is 13.1 Å². The molecule has 1 amide bonds. The maximum absolute atomic E-state index is 13.0. The first-order chi connectivity index (χ1) is 9.82. The van der Waals surface area contributed by atoms with Gasteiger partial charge < -0.3 is 9.64 Å². The minimum Gasteiger partial charge on any atom is -0.370 e. The second-order valence-electron chi connectivity index (χ2n) is 4.98. The summed E-state index contributed by atoms with van der Waals surface area (Å²) in [6.45, 7) is 2.20. The number of rotatable bonds is 2. The molecule has 2 rings (SSSR count). The number of nitrogens with zero attached hydrogens (tertiary/aromatic N) is 1. The summed E-state index contributed by atoms with van der Waals surface area (Å²) in [5.41, 5.74) is -1.26. The molecule has 7 heteroatoms. The fourth-order valence-electron chi connectivity index (χ4n) is 2.38. The molecule has 116 valence electrons. The molecule has 0 saturated carbocycles. The van der Waals surface area contributed by atoms with Crippen molar-refractivity contribution in [2.75, 3.05) is 19.0 Å². The first-order valence-corrected chi connectivity index (χ1v) is 7.03. The molecular weight excluding hydrogens is 307 g/mol. The zero-order chi connectivity index (χ0) is 15.6. The third kappa shape index (κ3) is 3.68. The second kappa shape index (κ2) is 6.23. The summed E-state index contributed by atoms with van der Waals surface area (Å²) < 4.78 is 44.4. The van der Waals surface area contributed by atoms with Crippen molar-refractivity contribution >= 4 is 17.5 Å². The highest BCUT2D eigenvalue weighted by Crippen LogP contribution is 2.32. The highest BCUT2D eigenvalue weighted by atomic mass is 35.5. The Bertz CT molecular complexity index is 521. The summed E-state index contributed by atoms with van der Waals surface area (Å²) in [6, 6.07) is 4.80. The summed E-state index contributed by atoms with van der Waals surface area (Å²) in [4.78, 5) is 13.8. The molecule has 1 aromatic carbocycles. The first-order valence-electron chi connectivity index (χ1n) is 6.50. The molecule has 1 aromatic rings. The van der Waals surface area contributed by atoms with Crippen molar-refractivity contribution in [2.45, 2.75) is 25.3 Å². The van der Waals surface area contributed by atoms with Crippen LogP contribution in [0.1, 0.15) is 22.8 Å². The van der Waals surface area contributed by atoms with E-state index in [9.17, 15) is 18.0 Å². The molecule has 0 aliphatic carbocycles. The maximum atomic E-state index is 13.0. The van der Waals surface area contributed by atoms with E-state index in [-0.39, 0.29) is 36.7 Å². The molecule has 0 bridgehead atoms. The summed E-state index contributed by atoms with van der Waals surface area (Å²) in [6.07, 6.45) is -5.18. The van der Waals surface area contributed by atoms with E-state index < -0.39 is 17.6 Å². The van der Waals surface area contributed by atoms with Crippen LogP contribution in [0, 0.1) is 0 Å². The summed E-state index contributed by atoms with van der Waals surface area (Å²) in [7, 11) is 0. The van der Waals surface area contributed by atoms with Gasteiger partial charge in [-0.15, -0.1) is 11.6 Å². The van der Waals surface area contributed by atoms with Gasteiger partial charge in [-0.25, -0.2) is 0 Å². The van der Waals surface area contributed by atoms with E-state index >= 15 is 0 Å². The molecule has 1 fully saturated rings. The molecule has 2 atom stereocenters. The number of amides is 1. The molecule has 1 aliphatic rings. The van der Waals surface area contributed by atoms with Gasteiger partial charge in [0.25, 0.3) is 5.91 Å². The molecule has 0 spiro atoms. The van der Waals surface area contributed by atoms with Gasteiger partial charge in [-0.3, -0.25) is 4.79 Å². The number of halogens is 4. The van der Waals surface area contributed by atoms with Crippen LogP contribution >= 0.6 is 11.6 Å². The Morgan fingerprint density at radius 2 is 2.05 bits per heavy atom. The molecular formula is C14H15ClF3NO2. The van der Waals surface area contributed by atoms with Crippen molar-refractivity contribution in [1.82, 2.24) is 4.90 Å². The SMILES string of the molecule is CC1CN(C(=O)c2ccccc2C(F)(F)F)CC(CCl)O1. The van der Waals surface area contributed by atoms with Crippen molar-refractivity contribution < 1.29 is 22.7 Å². The molecule has 1 aliphatic heterocycles. The normalized spacial score (nSPS) is 23.2. The van der Waals surface area contributed by atoms with E-state index in [0.29, 0.717) is 0 Å². The monoisotopic (exact) mass is 321 g/mol. The smallest absolute Gasteiger partial charge is 0.370 e. The Hall–Kier alpha value is -1.27. The fourth-order valence-corrected chi connectivity index (χ4v) is 2.55. The van der Waals surface area contributed by atoms with Gasteiger partial charge in [-0.05, 0) is 19.1 Å². The highest BCUT2D eigenvalue weighted by Gasteiger charge is 2.37. The van der Waals surface area contributed by atoms with Gasteiger partial charge in [0.05, 0.1) is 29.2 Å². The van der Waals surface area contributed by atoms with Crippen LogP contribution in [0.3, 0.4) is 0 Å². The average Bonchev–Trinajstić information content (AvgIpc) is 2.45. The Kier molecular flexibility index (Phi) is 4.78. The van der Waals surface area contributed by atoms with E-state index in [0.717, 1.165) is 6.07 Å². The van der Waals surface area contributed by atoms with Crippen LogP contribution in [0.2, 0.25) is 0 Å². The van der Waals surface area contributed by atoms with Crippen LogP contribution in [0.5, 0.6) is 0 Å². The van der Waals surface area contributed by atoms with Crippen molar-refractivity contribution in [2.24, 2.45) is 0 Å². The summed E-state index contributed by atoms with van der Waals surface area (Å²) in [5.74, 6) is -0.456. The lowest BCUT2D eigenvalue weighted by Crippen LogP contribution is -2.50. The number of morpholine rings is 1. The quantitative estimate of drug-likeness (QED) is 0.783. The zero-order valence-corrected chi connectivity index (χ0v) is 12.1. The molecule has 1 saturated heterocycles. The number of alkyl halides is 4. The molecule has 2 unspecified atom stereocenters. The Labute approximate surface area is 125 Å². The Morgan fingerprint density at radius 3 is 2.67 bits per heavy atom. The topological polar surface area (TPSA) is 29.5 Å². The van der Waals surface area contributed by atoms with Crippen LogP contribution < -0.4 is 0 Å². The predicted octanol–water partition coefficient (Wildman–Crippen LogP) is 3.17. The summed E-state index contributed by atoms with van der Waals surface area (Å²) >= 11 is 5.72. The number of hydrogen-bond acceptors (Lipinski definition) is 2. The van der Waals surface area contributed by atoms with E-state index in [1.165, 1.54) is 23.1 Å². The number of benzene rings is 1. The minimum atomic E-state index is -4.56. The lowest BCUT2D eigenvalue weighted by Gasteiger charge is -2.36. The zero-order valence-electron chi connectivity index (χ0n) is 11.4. The molecule has 21 heavy (non-hydrogen) atoms. The van der Waals surface area contributed by atoms with Crippen molar-refractivity contribution in [3.05, 3.63) is 35.4 Å². The van der Waals surface area contributed by atoms with Crippen LogP contribution in [-0.4, -0.2) is 42.0 Å². The predicted molar refractivity (Wildman–Crippen MR) is 72.4 cm³/mol. The average molecular weight is 322 g/mol. The second-order valence-corrected chi connectivity index (χ2v) is 5.29. The third-order valence-electron chi connectivity index (χ3n) is 3.25. The molecule has 3 nitrogen and oxygen atoms in total. The van der Waals surface area contributed by atoms with Gasteiger partial charge in [0.15, 0.2) is 0 Å². The highest BCUT2D eigenvalue weighted by molar-refractivity contribution is 6.18. The van der Waals surface area contributed by atoms with Crippen molar-refractivity contribution in [3.63, 3.8) is 0 Å². The first kappa shape index (κ1) is 16.1. The third-order valence-corrected chi connectivity index (χ3v) is 3.59. The standard InChI is InChI=1S/C14H15ClF3NO2/c1-9-7-19(8-10(6-15)21-9)13(20)11-4-2-3-5-12(11)14(16,17)18/h2-5,9-10H,6-8H2,1H3. The maximum Gasteiger partial charge on any atom is 0.417 e. The van der Waals surface area contributed by atoms with E-state index in [4.69, 9.17) is 16.3 Å². The van der Waals surface area contributed by atoms with Gasteiger partial charge in [-0.2, -0.15) is 13.2 Å². The largest absolute Gasteiger partial charge is 0.417 e. The van der Waals surface area contributed by atoms with Gasteiger partial charge >= 0.3 is 6.18 Å². The van der Waals surface area contributed by atoms with Gasteiger partial charge in [0.1, 0.15) is 0 Å². The number of carbonyl (C=O) groups is 1. The van der Waals surface area contributed by atoms with Crippen LogP contribution in [-0.2, 0) is 10.9 Å². The number of hydrogen-bond donors (Lipinski definition) is 0. The van der Waals surface area contributed by atoms with E-state index in [1.807, 2.05) is 0 Å². The number of carbonyl (C=O) groups excluding carboxylic acids is 1. The fraction of sp³-hybridized carbons (Fsp3) is 0.500. The summed E-state index contributed by atoms with van der Waals surface area (Å²) in [5, 5.41) is 0. The number of ether oxygens (including phenoxy) is 1. The molecule has 0 aromatic heterocycles. The minimum absolute atomic E-state index is 0.190. The lowest BCUT2D eigenvalue weighted by molar-refractivity contribution is -0.138. The Balaban J connectivity index is 2.28. The van der Waals surface area contributed by atoms with E-state index in [1.54, 1.807) is 6.92 Å². The molecule has 0 radical (unpaired) electrons. The van der Waals surface area contributed by atoms with Crippen LogP contribution in [0.4, 0.5) is 13.2 Å². The van der Waals surface area contributed by atoms with Crippen molar-refractivity contribution in [3.8, 4) is 0 Å². The molecule has 1 heterocycles. The van der Waals surface area contributed by atoms with Crippen molar-refractivity contribution in [1.29, 1.82) is 0 Å². The van der Waals surface area contributed by atoms with Crippen LogP contribution in [0.25, 0.3) is 0 Å². The van der Waals surface area contributed by atoms with Gasteiger partial charge in [0.2, 0.25) is 0 Å². The van der Waals surface area contributed by atoms with Crippen LogP contribution in [0.15, 0.2) is 24.3 Å². The van der Waals surface area contributed by atoms with E-state index in [2.05, 4.69) is 0 Å². The Morgan fingerprint density at radius 1 is 1.38 bits per heavy atom.